The lowest BCUT2D eigenvalue weighted by atomic mass is 10.2. The number of rotatable bonds is 6. The van der Waals surface area contributed by atoms with Crippen molar-refractivity contribution in [3.63, 3.8) is 0 Å². The van der Waals surface area contributed by atoms with Gasteiger partial charge in [-0.25, -0.2) is 4.79 Å². The zero-order valence-corrected chi connectivity index (χ0v) is 12.2. The normalized spacial score (nSPS) is 12.1. The van der Waals surface area contributed by atoms with E-state index in [1.165, 1.54) is 12.1 Å². The summed E-state index contributed by atoms with van der Waals surface area (Å²) in [5.41, 5.74) is 5.44. The Morgan fingerprint density at radius 1 is 1.33 bits per heavy atom. The molecule has 1 aromatic rings. The van der Waals surface area contributed by atoms with Crippen molar-refractivity contribution in [2.75, 3.05) is 0 Å². The molecule has 1 aromatic carbocycles. The van der Waals surface area contributed by atoms with E-state index in [-0.39, 0.29) is 0 Å². The number of aliphatic carboxylic acids is 1. The van der Waals surface area contributed by atoms with Crippen LogP contribution in [-0.4, -0.2) is 28.9 Å². The summed E-state index contributed by atoms with van der Waals surface area (Å²) in [6.07, 6.45) is 2.01. The van der Waals surface area contributed by atoms with E-state index in [1.807, 2.05) is 0 Å². The smallest absolute Gasteiger partial charge is 0.326 e. The molecule has 0 aliphatic carbocycles. The first kappa shape index (κ1) is 17.0. The average molecular weight is 331 g/mol. The van der Waals surface area contributed by atoms with Crippen LogP contribution < -0.4 is 11.1 Å². The molecule has 4 N–H and O–H groups in total. The van der Waals surface area contributed by atoms with Crippen LogP contribution in [0.1, 0.15) is 12.0 Å². The molecule has 0 heterocycles. The lowest BCUT2D eigenvalue weighted by Crippen LogP contribution is -2.42. The molecule has 0 saturated heterocycles. The van der Waals surface area contributed by atoms with Gasteiger partial charge in [0.2, 0.25) is 11.8 Å². The van der Waals surface area contributed by atoms with Gasteiger partial charge in [0, 0.05) is 16.1 Å². The summed E-state index contributed by atoms with van der Waals surface area (Å²) in [6, 6.07) is 3.33. The third-order valence-electron chi connectivity index (χ3n) is 2.40. The van der Waals surface area contributed by atoms with Crippen LogP contribution in [0.25, 0.3) is 6.08 Å². The van der Waals surface area contributed by atoms with Crippen LogP contribution in [0.4, 0.5) is 0 Å². The van der Waals surface area contributed by atoms with Crippen molar-refractivity contribution in [3.05, 3.63) is 39.9 Å². The SMILES string of the molecule is NC(=O)C[C@@H](NC(=O)/C=C/c1ccc(Cl)cc1Cl)C(=O)O. The van der Waals surface area contributed by atoms with E-state index in [9.17, 15) is 14.4 Å². The van der Waals surface area contributed by atoms with Gasteiger partial charge in [-0.15, -0.1) is 0 Å². The molecule has 0 fully saturated rings. The summed E-state index contributed by atoms with van der Waals surface area (Å²) in [5.74, 6) is -2.86. The molecule has 2 amide bonds. The quantitative estimate of drug-likeness (QED) is 0.685. The first-order chi connectivity index (χ1) is 9.79. The summed E-state index contributed by atoms with van der Waals surface area (Å²) < 4.78 is 0. The molecule has 0 spiro atoms. The Hall–Kier alpha value is -2.05. The fourth-order valence-corrected chi connectivity index (χ4v) is 1.89. The molecule has 0 unspecified atom stereocenters. The van der Waals surface area contributed by atoms with Crippen molar-refractivity contribution in [1.29, 1.82) is 0 Å². The molecular formula is C13H12Cl2N2O4. The van der Waals surface area contributed by atoms with Crippen LogP contribution in [-0.2, 0) is 14.4 Å². The van der Waals surface area contributed by atoms with Gasteiger partial charge in [-0.2, -0.15) is 0 Å². The number of hydrogen-bond acceptors (Lipinski definition) is 3. The Labute approximate surface area is 130 Å². The van der Waals surface area contributed by atoms with Crippen LogP contribution in [0.2, 0.25) is 10.0 Å². The maximum atomic E-state index is 11.6. The summed E-state index contributed by atoms with van der Waals surface area (Å²) in [5, 5.41) is 11.8. The van der Waals surface area contributed by atoms with Crippen molar-refractivity contribution >= 4 is 47.1 Å². The van der Waals surface area contributed by atoms with E-state index in [2.05, 4.69) is 5.32 Å². The minimum absolute atomic E-state index is 0.346. The highest BCUT2D eigenvalue weighted by atomic mass is 35.5. The van der Waals surface area contributed by atoms with Crippen LogP contribution in [0.15, 0.2) is 24.3 Å². The van der Waals surface area contributed by atoms with Crippen LogP contribution >= 0.6 is 23.2 Å². The number of nitrogens with two attached hydrogens (primary N) is 1. The molecule has 112 valence electrons. The number of carbonyl (C=O) groups excluding carboxylic acids is 2. The number of carboxylic acids is 1. The highest BCUT2D eigenvalue weighted by Gasteiger charge is 2.21. The lowest BCUT2D eigenvalue weighted by Gasteiger charge is -2.10. The number of halogens is 2. The summed E-state index contributed by atoms with van der Waals surface area (Å²) in [6.45, 7) is 0. The van der Waals surface area contributed by atoms with Crippen molar-refractivity contribution in [2.45, 2.75) is 12.5 Å². The second-order valence-corrected chi connectivity index (χ2v) is 4.91. The molecular weight excluding hydrogens is 319 g/mol. The van der Waals surface area contributed by atoms with Crippen LogP contribution in [0, 0.1) is 0 Å². The van der Waals surface area contributed by atoms with Gasteiger partial charge in [0.1, 0.15) is 6.04 Å². The highest BCUT2D eigenvalue weighted by molar-refractivity contribution is 6.35. The third kappa shape index (κ3) is 5.85. The van der Waals surface area contributed by atoms with Crippen LogP contribution in [0.3, 0.4) is 0 Å². The van der Waals surface area contributed by atoms with Gasteiger partial charge in [-0.3, -0.25) is 9.59 Å². The molecule has 21 heavy (non-hydrogen) atoms. The Morgan fingerprint density at radius 2 is 2.00 bits per heavy atom. The molecule has 1 atom stereocenters. The number of carbonyl (C=O) groups is 3. The maximum absolute atomic E-state index is 11.6. The number of hydrogen-bond donors (Lipinski definition) is 3. The number of benzene rings is 1. The molecule has 8 heteroatoms. The third-order valence-corrected chi connectivity index (χ3v) is 2.96. The summed E-state index contributed by atoms with van der Waals surface area (Å²) in [4.78, 5) is 33.2. The molecule has 6 nitrogen and oxygen atoms in total. The van der Waals surface area contributed by atoms with E-state index >= 15 is 0 Å². The van der Waals surface area contributed by atoms with Gasteiger partial charge in [-0.05, 0) is 23.8 Å². The molecule has 0 bridgehead atoms. The lowest BCUT2D eigenvalue weighted by molar-refractivity contribution is -0.142. The second kappa shape index (κ2) is 7.66. The van der Waals surface area contributed by atoms with E-state index < -0.39 is 30.2 Å². The minimum atomic E-state index is -1.37. The fraction of sp³-hybridized carbons (Fsp3) is 0.154. The topological polar surface area (TPSA) is 109 Å². The molecule has 0 saturated carbocycles. The molecule has 1 rings (SSSR count). The van der Waals surface area contributed by atoms with Crippen molar-refractivity contribution in [3.8, 4) is 0 Å². The molecule has 0 radical (unpaired) electrons. The largest absolute Gasteiger partial charge is 0.480 e. The van der Waals surface area contributed by atoms with Gasteiger partial charge in [-0.1, -0.05) is 29.3 Å². The summed E-state index contributed by atoms with van der Waals surface area (Å²) in [7, 11) is 0. The first-order valence-electron chi connectivity index (χ1n) is 5.74. The number of carboxylic acid groups (broad SMARTS) is 1. The van der Waals surface area contributed by atoms with Crippen molar-refractivity contribution in [1.82, 2.24) is 5.32 Å². The van der Waals surface area contributed by atoms with Crippen molar-refractivity contribution in [2.24, 2.45) is 5.73 Å². The monoisotopic (exact) mass is 330 g/mol. The van der Waals surface area contributed by atoms with Gasteiger partial charge >= 0.3 is 5.97 Å². The van der Waals surface area contributed by atoms with E-state index in [0.29, 0.717) is 15.6 Å². The van der Waals surface area contributed by atoms with Gasteiger partial charge in [0.05, 0.1) is 6.42 Å². The summed E-state index contributed by atoms with van der Waals surface area (Å²) >= 11 is 11.7. The van der Waals surface area contributed by atoms with E-state index in [4.69, 9.17) is 34.0 Å². The Morgan fingerprint density at radius 3 is 2.52 bits per heavy atom. The molecule has 0 aromatic heterocycles. The second-order valence-electron chi connectivity index (χ2n) is 4.07. The Bertz CT molecular complexity index is 602. The maximum Gasteiger partial charge on any atom is 0.326 e. The predicted molar refractivity (Wildman–Crippen MR) is 78.9 cm³/mol. The molecule has 0 aliphatic heterocycles. The van der Waals surface area contributed by atoms with Gasteiger partial charge in [0.25, 0.3) is 0 Å². The fourth-order valence-electron chi connectivity index (χ4n) is 1.42. The van der Waals surface area contributed by atoms with Gasteiger partial charge in [0.15, 0.2) is 0 Å². The standard InChI is InChI=1S/C13H12Cl2N2O4/c14-8-3-1-7(9(15)5-8)2-4-12(19)17-10(13(20)21)6-11(16)18/h1-5,10H,6H2,(H2,16,18)(H,17,19)(H,20,21)/b4-2+/t10-/m1/s1. The first-order valence-corrected chi connectivity index (χ1v) is 6.50. The Balaban J connectivity index is 2.73. The van der Waals surface area contributed by atoms with Crippen LogP contribution in [0.5, 0.6) is 0 Å². The van der Waals surface area contributed by atoms with Gasteiger partial charge < -0.3 is 16.2 Å². The Kier molecular flexibility index (Phi) is 6.20. The number of primary amides is 1. The number of nitrogens with one attached hydrogen (secondary N) is 1. The average Bonchev–Trinajstić information content (AvgIpc) is 2.36. The predicted octanol–water partition coefficient (Wildman–Crippen LogP) is 1.45. The van der Waals surface area contributed by atoms with E-state index in [1.54, 1.807) is 12.1 Å². The zero-order valence-electron chi connectivity index (χ0n) is 10.7. The zero-order chi connectivity index (χ0) is 16.0. The number of amides is 2. The molecule has 0 aliphatic rings. The minimum Gasteiger partial charge on any atom is -0.480 e. The van der Waals surface area contributed by atoms with Crippen molar-refractivity contribution < 1.29 is 19.5 Å². The highest BCUT2D eigenvalue weighted by Crippen LogP contribution is 2.21. The van der Waals surface area contributed by atoms with E-state index in [0.717, 1.165) is 6.08 Å².